The van der Waals surface area contributed by atoms with Crippen LogP contribution in [-0.4, -0.2) is 5.78 Å². The van der Waals surface area contributed by atoms with Crippen LogP contribution in [0, 0.1) is 5.92 Å². The van der Waals surface area contributed by atoms with Gasteiger partial charge in [0, 0.05) is 6.42 Å². The van der Waals surface area contributed by atoms with Gasteiger partial charge in [-0.25, -0.2) is 0 Å². The molecule has 0 heterocycles. The molecule has 0 aliphatic heterocycles. The van der Waals surface area contributed by atoms with Crippen LogP contribution in [0.2, 0.25) is 0 Å². The van der Waals surface area contributed by atoms with Crippen LogP contribution in [0.15, 0.2) is 11.6 Å². The lowest BCUT2D eigenvalue weighted by Crippen LogP contribution is -2.13. The van der Waals surface area contributed by atoms with E-state index in [-0.39, 0.29) is 0 Å². The second-order valence-electron chi connectivity index (χ2n) is 5.29. The molecule has 1 aliphatic rings. The molecular weight excluding hydrogens is 196 g/mol. The molecule has 0 saturated heterocycles. The molecule has 0 spiro atoms. The zero-order valence-corrected chi connectivity index (χ0v) is 10.9. The third-order valence-corrected chi connectivity index (χ3v) is 3.47. The molecule has 0 aromatic rings. The number of unbranched alkanes of at least 4 members (excludes halogenated alkanes) is 5. The second kappa shape index (κ2) is 7.65. The van der Waals surface area contributed by atoms with Crippen LogP contribution < -0.4 is 0 Å². The van der Waals surface area contributed by atoms with Crippen LogP contribution in [-0.2, 0) is 4.79 Å². The SMILES string of the molecule is CCCCCCCCC1CC(=O)C=C(C)C1. The summed E-state index contributed by atoms with van der Waals surface area (Å²) in [6, 6.07) is 0. The molecule has 1 atom stereocenters. The molecule has 0 radical (unpaired) electrons. The maximum Gasteiger partial charge on any atom is 0.155 e. The van der Waals surface area contributed by atoms with Gasteiger partial charge < -0.3 is 0 Å². The molecule has 0 N–H and O–H groups in total. The Morgan fingerprint density at radius 1 is 1.12 bits per heavy atom. The van der Waals surface area contributed by atoms with Crippen molar-refractivity contribution in [2.24, 2.45) is 5.92 Å². The van der Waals surface area contributed by atoms with Crippen LogP contribution in [0.3, 0.4) is 0 Å². The quantitative estimate of drug-likeness (QED) is 0.572. The third kappa shape index (κ3) is 5.48. The van der Waals surface area contributed by atoms with E-state index >= 15 is 0 Å². The number of carbonyl (C=O) groups excluding carboxylic acids is 1. The molecule has 0 fully saturated rings. The third-order valence-electron chi connectivity index (χ3n) is 3.47. The van der Waals surface area contributed by atoms with E-state index in [1.165, 1.54) is 50.5 Å². The first kappa shape index (κ1) is 13.5. The summed E-state index contributed by atoms with van der Waals surface area (Å²) in [6.07, 6.45) is 13.2. The van der Waals surface area contributed by atoms with Gasteiger partial charge in [0.1, 0.15) is 0 Å². The molecule has 0 saturated carbocycles. The predicted molar refractivity (Wildman–Crippen MR) is 69.5 cm³/mol. The molecule has 0 amide bonds. The number of ketones is 1. The van der Waals surface area contributed by atoms with Crippen molar-refractivity contribution in [3.63, 3.8) is 0 Å². The minimum Gasteiger partial charge on any atom is -0.295 e. The number of hydrogen-bond acceptors (Lipinski definition) is 1. The standard InChI is InChI=1S/C15H26O/c1-3-4-5-6-7-8-9-14-10-13(2)11-15(16)12-14/h11,14H,3-10,12H2,1-2H3. The first-order valence-corrected chi connectivity index (χ1v) is 6.92. The molecule has 1 nitrogen and oxygen atoms in total. The first-order chi connectivity index (χ1) is 7.72. The highest BCUT2D eigenvalue weighted by Gasteiger charge is 2.17. The van der Waals surface area contributed by atoms with Gasteiger partial charge in [0.2, 0.25) is 0 Å². The van der Waals surface area contributed by atoms with Crippen LogP contribution >= 0.6 is 0 Å². The molecule has 0 bridgehead atoms. The minimum atomic E-state index is 0.347. The highest BCUT2D eigenvalue weighted by Crippen LogP contribution is 2.26. The van der Waals surface area contributed by atoms with Crippen molar-refractivity contribution >= 4 is 5.78 Å². The fourth-order valence-corrected chi connectivity index (χ4v) is 2.62. The molecule has 1 aliphatic carbocycles. The monoisotopic (exact) mass is 222 g/mol. The number of rotatable bonds is 7. The van der Waals surface area contributed by atoms with Gasteiger partial charge in [-0.05, 0) is 31.8 Å². The summed E-state index contributed by atoms with van der Waals surface area (Å²) in [6.45, 7) is 4.34. The van der Waals surface area contributed by atoms with Gasteiger partial charge >= 0.3 is 0 Å². The van der Waals surface area contributed by atoms with E-state index < -0.39 is 0 Å². The number of hydrogen-bond donors (Lipinski definition) is 0. The van der Waals surface area contributed by atoms with Crippen molar-refractivity contribution in [3.05, 3.63) is 11.6 Å². The van der Waals surface area contributed by atoms with E-state index in [2.05, 4.69) is 13.8 Å². The summed E-state index contributed by atoms with van der Waals surface area (Å²) in [4.78, 5) is 11.4. The maximum absolute atomic E-state index is 11.4. The summed E-state index contributed by atoms with van der Waals surface area (Å²) in [5.41, 5.74) is 1.28. The van der Waals surface area contributed by atoms with E-state index in [4.69, 9.17) is 0 Å². The number of carbonyl (C=O) groups is 1. The first-order valence-electron chi connectivity index (χ1n) is 6.92. The van der Waals surface area contributed by atoms with Gasteiger partial charge in [0.15, 0.2) is 5.78 Å². The van der Waals surface area contributed by atoms with E-state index in [9.17, 15) is 4.79 Å². The van der Waals surface area contributed by atoms with Gasteiger partial charge in [0.25, 0.3) is 0 Å². The fourth-order valence-electron chi connectivity index (χ4n) is 2.62. The zero-order valence-electron chi connectivity index (χ0n) is 10.9. The van der Waals surface area contributed by atoms with Gasteiger partial charge in [-0.15, -0.1) is 0 Å². The average molecular weight is 222 g/mol. The Balaban J connectivity index is 2.05. The normalized spacial score (nSPS) is 21.0. The Bertz CT molecular complexity index is 240. The van der Waals surface area contributed by atoms with Crippen LogP contribution in [0.25, 0.3) is 0 Å². The van der Waals surface area contributed by atoms with Crippen LogP contribution in [0.5, 0.6) is 0 Å². The fraction of sp³-hybridized carbons (Fsp3) is 0.800. The smallest absolute Gasteiger partial charge is 0.155 e. The molecule has 92 valence electrons. The highest BCUT2D eigenvalue weighted by atomic mass is 16.1. The Hall–Kier alpha value is -0.590. The molecular formula is C15H26O. The zero-order chi connectivity index (χ0) is 11.8. The summed E-state index contributed by atoms with van der Waals surface area (Å²) in [5.74, 6) is 0.989. The Kier molecular flexibility index (Phi) is 6.44. The van der Waals surface area contributed by atoms with Gasteiger partial charge in [-0.1, -0.05) is 51.0 Å². The summed E-state index contributed by atoms with van der Waals surface area (Å²) in [5, 5.41) is 0. The lowest BCUT2D eigenvalue weighted by atomic mass is 9.85. The van der Waals surface area contributed by atoms with Crippen LogP contribution in [0.4, 0.5) is 0 Å². The van der Waals surface area contributed by atoms with Gasteiger partial charge in [-0.3, -0.25) is 4.79 Å². The summed E-state index contributed by atoms with van der Waals surface area (Å²) in [7, 11) is 0. The highest BCUT2D eigenvalue weighted by molar-refractivity contribution is 5.91. The molecule has 1 rings (SSSR count). The molecule has 1 heteroatoms. The summed E-state index contributed by atoms with van der Waals surface area (Å²) >= 11 is 0. The van der Waals surface area contributed by atoms with Crippen molar-refractivity contribution in [3.8, 4) is 0 Å². The van der Waals surface area contributed by atoms with E-state index in [1.807, 2.05) is 6.08 Å². The van der Waals surface area contributed by atoms with Crippen molar-refractivity contribution in [2.75, 3.05) is 0 Å². The van der Waals surface area contributed by atoms with Gasteiger partial charge in [-0.2, -0.15) is 0 Å². The molecule has 0 aromatic carbocycles. The predicted octanol–water partition coefficient (Wildman–Crippen LogP) is 4.66. The van der Waals surface area contributed by atoms with Crippen molar-refractivity contribution < 1.29 is 4.79 Å². The second-order valence-corrected chi connectivity index (χ2v) is 5.29. The topological polar surface area (TPSA) is 17.1 Å². The minimum absolute atomic E-state index is 0.347. The molecule has 16 heavy (non-hydrogen) atoms. The Morgan fingerprint density at radius 2 is 1.81 bits per heavy atom. The van der Waals surface area contributed by atoms with Crippen molar-refractivity contribution in [2.45, 2.75) is 71.6 Å². The van der Waals surface area contributed by atoms with E-state index in [0.29, 0.717) is 11.7 Å². The Morgan fingerprint density at radius 3 is 2.50 bits per heavy atom. The maximum atomic E-state index is 11.4. The van der Waals surface area contributed by atoms with E-state index in [1.54, 1.807) is 0 Å². The lowest BCUT2D eigenvalue weighted by Gasteiger charge is -2.19. The lowest BCUT2D eigenvalue weighted by molar-refractivity contribution is -0.116. The average Bonchev–Trinajstić information content (AvgIpc) is 2.22. The number of allylic oxidation sites excluding steroid dienone is 2. The molecule has 1 unspecified atom stereocenters. The summed E-state index contributed by atoms with van der Waals surface area (Å²) < 4.78 is 0. The largest absolute Gasteiger partial charge is 0.295 e. The molecule has 0 aromatic heterocycles. The van der Waals surface area contributed by atoms with E-state index in [0.717, 1.165) is 12.8 Å². The van der Waals surface area contributed by atoms with Crippen molar-refractivity contribution in [1.82, 2.24) is 0 Å². The van der Waals surface area contributed by atoms with Crippen LogP contribution in [0.1, 0.15) is 71.6 Å². The van der Waals surface area contributed by atoms with Crippen molar-refractivity contribution in [1.29, 1.82) is 0 Å². The Labute approximate surface area is 100 Å². The van der Waals surface area contributed by atoms with Gasteiger partial charge in [0.05, 0.1) is 0 Å².